The fraction of sp³-hybridized carbons (Fsp3) is 0.615. The molecule has 3 atom stereocenters. The fourth-order valence-corrected chi connectivity index (χ4v) is 3.59. The van der Waals surface area contributed by atoms with E-state index in [1.54, 1.807) is 52.1 Å². The molecule has 190 valence electrons. The molecule has 0 aliphatic heterocycles. The van der Waals surface area contributed by atoms with Gasteiger partial charge in [0.25, 0.3) is 0 Å². The summed E-state index contributed by atoms with van der Waals surface area (Å²) in [5, 5.41) is 5.36. The van der Waals surface area contributed by atoms with Crippen LogP contribution in [0.3, 0.4) is 0 Å². The third-order valence-corrected chi connectivity index (χ3v) is 5.91. The van der Waals surface area contributed by atoms with Crippen molar-refractivity contribution in [2.45, 2.75) is 84.7 Å². The Morgan fingerprint density at radius 2 is 1.53 bits per heavy atom. The predicted molar refractivity (Wildman–Crippen MR) is 132 cm³/mol. The highest BCUT2D eigenvalue weighted by molar-refractivity contribution is 6.02. The Balaban J connectivity index is 2.91. The number of methoxy groups -OCH3 is 1. The largest absolute Gasteiger partial charge is 0.497 e. The van der Waals surface area contributed by atoms with Crippen molar-refractivity contribution < 1.29 is 23.9 Å². The highest BCUT2D eigenvalue weighted by Gasteiger charge is 2.30. The van der Waals surface area contributed by atoms with E-state index in [1.807, 2.05) is 0 Å². The maximum Gasteiger partial charge on any atom is 0.243 e. The summed E-state index contributed by atoms with van der Waals surface area (Å²) in [6.07, 6.45) is 5.56. The quantitative estimate of drug-likeness (QED) is 0.250. The van der Waals surface area contributed by atoms with Gasteiger partial charge in [-0.25, -0.2) is 0 Å². The number of nitrogens with one attached hydrogen (secondary N) is 2. The van der Waals surface area contributed by atoms with E-state index in [0.717, 1.165) is 37.7 Å². The molecule has 3 amide bonds. The Bertz CT molecular complexity index is 807. The number of ketones is 1. The van der Waals surface area contributed by atoms with Crippen LogP contribution in [0.5, 0.6) is 5.75 Å². The first kappa shape index (κ1) is 29.1. The van der Waals surface area contributed by atoms with Crippen LogP contribution in [-0.2, 0) is 25.6 Å². The molecule has 0 aromatic heterocycles. The van der Waals surface area contributed by atoms with Gasteiger partial charge in [-0.1, -0.05) is 58.6 Å². The summed E-state index contributed by atoms with van der Waals surface area (Å²) in [7, 11) is 1.56. The molecule has 0 heterocycles. The van der Waals surface area contributed by atoms with Gasteiger partial charge in [-0.15, -0.1) is 0 Å². The molecule has 8 nitrogen and oxygen atoms in total. The number of nitrogens with two attached hydrogens (primary N) is 1. The van der Waals surface area contributed by atoms with Gasteiger partial charge < -0.3 is 21.1 Å². The maximum absolute atomic E-state index is 13.0. The van der Waals surface area contributed by atoms with Gasteiger partial charge in [0.2, 0.25) is 17.7 Å². The van der Waals surface area contributed by atoms with Crippen LogP contribution in [0.15, 0.2) is 24.3 Å². The van der Waals surface area contributed by atoms with Crippen molar-refractivity contribution in [3.63, 3.8) is 0 Å². The second-order valence-corrected chi connectivity index (χ2v) is 9.10. The number of carbonyl (C=O) groups is 4. The Morgan fingerprint density at radius 1 is 0.912 bits per heavy atom. The number of ether oxygens (including phenoxy) is 1. The summed E-state index contributed by atoms with van der Waals surface area (Å²) in [5.41, 5.74) is 6.23. The number of hydrogen-bond acceptors (Lipinski definition) is 5. The van der Waals surface area contributed by atoms with Crippen LogP contribution in [-0.4, -0.2) is 42.7 Å². The lowest BCUT2D eigenvalue weighted by Crippen LogP contribution is -2.56. The van der Waals surface area contributed by atoms with E-state index in [1.165, 1.54) is 0 Å². The molecular formula is C26H41N3O5. The van der Waals surface area contributed by atoms with Crippen molar-refractivity contribution in [3.8, 4) is 5.75 Å². The second kappa shape index (κ2) is 15.1. The van der Waals surface area contributed by atoms with Gasteiger partial charge in [0.15, 0.2) is 0 Å². The highest BCUT2D eigenvalue weighted by Crippen LogP contribution is 2.14. The lowest BCUT2D eigenvalue weighted by Gasteiger charge is -2.25. The second-order valence-electron chi connectivity index (χ2n) is 9.10. The van der Waals surface area contributed by atoms with E-state index in [9.17, 15) is 19.2 Å². The third-order valence-electron chi connectivity index (χ3n) is 5.91. The van der Waals surface area contributed by atoms with E-state index in [4.69, 9.17) is 10.5 Å². The zero-order chi connectivity index (χ0) is 25.7. The van der Waals surface area contributed by atoms with Crippen LogP contribution in [0.4, 0.5) is 0 Å². The molecule has 0 saturated heterocycles. The summed E-state index contributed by atoms with van der Waals surface area (Å²) >= 11 is 0. The van der Waals surface area contributed by atoms with Gasteiger partial charge in [0.05, 0.1) is 13.0 Å². The predicted octanol–water partition coefficient (Wildman–Crippen LogP) is 2.91. The van der Waals surface area contributed by atoms with Crippen molar-refractivity contribution in [2.75, 3.05) is 7.11 Å². The van der Waals surface area contributed by atoms with E-state index in [2.05, 4.69) is 17.6 Å². The molecule has 0 spiro atoms. The number of hydrogen-bond donors (Lipinski definition) is 3. The number of Topliss-reactive ketones (excluding diaryl/α,β-unsaturated/α-hetero) is 1. The van der Waals surface area contributed by atoms with Crippen molar-refractivity contribution in [1.82, 2.24) is 10.6 Å². The van der Waals surface area contributed by atoms with E-state index < -0.39 is 35.7 Å². The summed E-state index contributed by atoms with van der Waals surface area (Å²) in [6.45, 7) is 7.23. The van der Waals surface area contributed by atoms with E-state index in [0.29, 0.717) is 12.2 Å². The number of rotatable bonds is 16. The number of benzene rings is 1. The number of amides is 3. The van der Waals surface area contributed by atoms with E-state index in [-0.39, 0.29) is 18.1 Å². The van der Waals surface area contributed by atoms with Crippen molar-refractivity contribution in [3.05, 3.63) is 29.8 Å². The van der Waals surface area contributed by atoms with Crippen LogP contribution >= 0.6 is 0 Å². The molecule has 0 saturated carbocycles. The van der Waals surface area contributed by atoms with Gasteiger partial charge in [-0.05, 0) is 37.0 Å². The smallest absolute Gasteiger partial charge is 0.243 e. The Morgan fingerprint density at radius 3 is 2.06 bits per heavy atom. The average Bonchev–Trinajstić information content (AvgIpc) is 2.81. The third kappa shape index (κ3) is 9.93. The van der Waals surface area contributed by atoms with E-state index >= 15 is 0 Å². The first-order valence-corrected chi connectivity index (χ1v) is 12.2. The van der Waals surface area contributed by atoms with Crippen LogP contribution in [0.1, 0.15) is 71.8 Å². The molecule has 3 unspecified atom stereocenters. The Labute approximate surface area is 203 Å². The lowest BCUT2D eigenvalue weighted by atomic mass is 9.97. The van der Waals surface area contributed by atoms with Crippen LogP contribution in [0, 0.1) is 11.8 Å². The average molecular weight is 476 g/mol. The molecule has 4 N–H and O–H groups in total. The molecule has 1 aromatic rings. The minimum Gasteiger partial charge on any atom is -0.497 e. The van der Waals surface area contributed by atoms with Gasteiger partial charge in [-0.3, -0.25) is 19.2 Å². The Kier molecular flexibility index (Phi) is 12.9. The SMILES string of the molecule is CCCCCCCC(=O)C(C)C(=O)NC(Cc1ccc(OC)cc1)C(=O)NC(C(N)=O)C(C)C. The minimum absolute atomic E-state index is 0.144. The molecule has 1 rings (SSSR count). The van der Waals surface area contributed by atoms with Gasteiger partial charge in [0, 0.05) is 12.8 Å². The summed E-state index contributed by atoms with van der Waals surface area (Å²) in [6, 6.07) is 5.27. The summed E-state index contributed by atoms with van der Waals surface area (Å²) in [4.78, 5) is 50.2. The van der Waals surface area contributed by atoms with Crippen molar-refractivity contribution in [1.29, 1.82) is 0 Å². The first-order chi connectivity index (χ1) is 16.1. The van der Waals surface area contributed by atoms with Crippen molar-refractivity contribution in [2.24, 2.45) is 17.6 Å². The van der Waals surface area contributed by atoms with Crippen LogP contribution < -0.4 is 21.1 Å². The Hall–Kier alpha value is -2.90. The maximum atomic E-state index is 13.0. The number of primary amides is 1. The summed E-state index contributed by atoms with van der Waals surface area (Å²) < 4.78 is 5.17. The molecule has 1 aromatic carbocycles. The number of unbranched alkanes of at least 4 members (excludes halogenated alkanes) is 4. The van der Waals surface area contributed by atoms with Crippen LogP contribution in [0.2, 0.25) is 0 Å². The number of carbonyl (C=O) groups excluding carboxylic acids is 4. The molecule has 34 heavy (non-hydrogen) atoms. The molecule has 0 fully saturated rings. The zero-order valence-corrected chi connectivity index (χ0v) is 21.2. The van der Waals surface area contributed by atoms with Gasteiger partial charge >= 0.3 is 0 Å². The molecule has 0 radical (unpaired) electrons. The van der Waals surface area contributed by atoms with Gasteiger partial charge in [-0.2, -0.15) is 0 Å². The molecular weight excluding hydrogens is 434 g/mol. The lowest BCUT2D eigenvalue weighted by molar-refractivity contribution is -0.136. The first-order valence-electron chi connectivity index (χ1n) is 12.2. The standard InChI is InChI=1S/C26H41N3O5/c1-6-7-8-9-10-11-22(30)18(4)25(32)28-21(16-19-12-14-20(34-5)15-13-19)26(33)29-23(17(2)3)24(27)31/h12-15,17-18,21,23H,6-11,16H2,1-5H3,(H2,27,31)(H,28,32)(H,29,33). The molecule has 0 bridgehead atoms. The molecule has 0 aliphatic rings. The normalized spacial score (nSPS) is 13.6. The van der Waals surface area contributed by atoms with Gasteiger partial charge in [0.1, 0.15) is 23.6 Å². The highest BCUT2D eigenvalue weighted by atomic mass is 16.5. The molecule has 0 aliphatic carbocycles. The monoisotopic (exact) mass is 475 g/mol. The summed E-state index contributed by atoms with van der Waals surface area (Å²) in [5.74, 6) is -2.24. The minimum atomic E-state index is -0.971. The topological polar surface area (TPSA) is 128 Å². The van der Waals surface area contributed by atoms with Crippen molar-refractivity contribution >= 4 is 23.5 Å². The van der Waals surface area contributed by atoms with Crippen LogP contribution in [0.25, 0.3) is 0 Å². The fourth-order valence-electron chi connectivity index (χ4n) is 3.59. The zero-order valence-electron chi connectivity index (χ0n) is 21.2. The molecule has 8 heteroatoms.